The summed E-state index contributed by atoms with van der Waals surface area (Å²) in [7, 11) is 1.39. The van der Waals surface area contributed by atoms with E-state index in [0.29, 0.717) is 5.56 Å². The van der Waals surface area contributed by atoms with Crippen LogP contribution >= 0.6 is 0 Å². The molecule has 7 heteroatoms. The van der Waals surface area contributed by atoms with E-state index in [9.17, 15) is 14.0 Å². The maximum atomic E-state index is 13.9. The Bertz CT molecular complexity index is 641. The summed E-state index contributed by atoms with van der Waals surface area (Å²) in [6.07, 6.45) is -0.658. The lowest BCUT2D eigenvalue weighted by Gasteiger charge is -2.26. The van der Waals surface area contributed by atoms with Crippen molar-refractivity contribution < 1.29 is 23.5 Å². The Morgan fingerprint density at radius 3 is 2.19 bits per heavy atom. The van der Waals surface area contributed by atoms with Gasteiger partial charge < -0.3 is 20.1 Å². The van der Waals surface area contributed by atoms with Crippen molar-refractivity contribution >= 4 is 12.0 Å². The predicted molar refractivity (Wildman–Crippen MR) is 97.5 cm³/mol. The Morgan fingerprint density at radius 1 is 1.12 bits per heavy atom. The summed E-state index contributed by atoms with van der Waals surface area (Å²) < 4.78 is 23.9. The molecular weight excluding hydrogens is 339 g/mol. The Kier molecular flexibility index (Phi) is 7.41. The van der Waals surface area contributed by atoms with Crippen LogP contribution in [0.4, 0.5) is 9.18 Å². The smallest absolute Gasteiger partial charge is 0.408 e. The molecule has 0 heterocycles. The van der Waals surface area contributed by atoms with Gasteiger partial charge in [0, 0.05) is 0 Å². The van der Waals surface area contributed by atoms with Gasteiger partial charge in [0.2, 0.25) is 5.91 Å². The highest BCUT2D eigenvalue weighted by molar-refractivity contribution is 5.86. The molecule has 0 aromatic heterocycles. The molecule has 0 saturated carbocycles. The van der Waals surface area contributed by atoms with Gasteiger partial charge in [-0.15, -0.1) is 0 Å². The molecule has 2 unspecified atom stereocenters. The molecule has 1 aromatic carbocycles. The minimum Gasteiger partial charge on any atom is -0.494 e. The first-order chi connectivity index (χ1) is 11.9. The number of nitrogens with one attached hydrogen (secondary N) is 2. The van der Waals surface area contributed by atoms with Crippen molar-refractivity contribution in [3.8, 4) is 5.75 Å². The van der Waals surface area contributed by atoms with E-state index < -0.39 is 29.6 Å². The molecular formula is C19H29FN2O4. The Balaban J connectivity index is 2.80. The van der Waals surface area contributed by atoms with Gasteiger partial charge in [-0.3, -0.25) is 4.79 Å². The summed E-state index contributed by atoms with van der Waals surface area (Å²) in [5, 5.41) is 5.39. The Morgan fingerprint density at radius 2 is 1.73 bits per heavy atom. The molecule has 6 nitrogen and oxygen atoms in total. The molecule has 2 atom stereocenters. The third-order valence-corrected chi connectivity index (χ3v) is 3.66. The molecule has 0 spiro atoms. The molecule has 0 saturated heterocycles. The molecule has 0 aliphatic carbocycles. The van der Waals surface area contributed by atoms with Crippen molar-refractivity contribution in [2.24, 2.45) is 5.92 Å². The largest absolute Gasteiger partial charge is 0.494 e. The van der Waals surface area contributed by atoms with Gasteiger partial charge in [-0.1, -0.05) is 19.9 Å². The van der Waals surface area contributed by atoms with E-state index in [4.69, 9.17) is 9.47 Å². The summed E-state index contributed by atoms with van der Waals surface area (Å²) in [6.45, 7) is 10.6. The van der Waals surface area contributed by atoms with Gasteiger partial charge in [-0.25, -0.2) is 9.18 Å². The molecule has 146 valence electrons. The van der Waals surface area contributed by atoms with Crippen LogP contribution in [0.5, 0.6) is 5.75 Å². The van der Waals surface area contributed by atoms with Gasteiger partial charge in [-0.05, 0) is 51.3 Å². The van der Waals surface area contributed by atoms with Crippen LogP contribution in [0.2, 0.25) is 0 Å². The number of alkyl carbamates (subject to hydrolysis) is 1. The highest BCUT2D eigenvalue weighted by Gasteiger charge is 2.28. The molecule has 26 heavy (non-hydrogen) atoms. The fraction of sp³-hybridized carbons (Fsp3) is 0.579. The molecule has 2 amide bonds. The SMILES string of the molecule is COc1ccc(C(C)NC(=O)C(NC(=O)OC(C)(C)C)C(C)C)cc1F. The van der Waals surface area contributed by atoms with Crippen LogP contribution in [0.25, 0.3) is 0 Å². The number of rotatable bonds is 6. The van der Waals surface area contributed by atoms with E-state index in [2.05, 4.69) is 10.6 Å². The fourth-order valence-corrected chi connectivity index (χ4v) is 2.31. The molecule has 0 bridgehead atoms. The number of carbonyl (C=O) groups excluding carboxylic acids is 2. The predicted octanol–water partition coefficient (Wildman–Crippen LogP) is 3.56. The first-order valence-electron chi connectivity index (χ1n) is 8.58. The standard InChI is InChI=1S/C19H29FN2O4/c1-11(2)16(22-18(24)26-19(4,5)6)17(23)21-12(3)13-8-9-15(25-7)14(20)10-13/h8-12,16H,1-7H3,(H,21,23)(H,22,24). The van der Waals surface area contributed by atoms with Gasteiger partial charge in [0.05, 0.1) is 13.2 Å². The van der Waals surface area contributed by atoms with Gasteiger partial charge in [0.1, 0.15) is 11.6 Å². The topological polar surface area (TPSA) is 76.7 Å². The zero-order valence-corrected chi connectivity index (χ0v) is 16.5. The lowest BCUT2D eigenvalue weighted by atomic mass is 10.0. The Labute approximate surface area is 154 Å². The number of hydrogen-bond donors (Lipinski definition) is 2. The maximum absolute atomic E-state index is 13.9. The van der Waals surface area contributed by atoms with E-state index in [1.54, 1.807) is 33.8 Å². The first-order valence-corrected chi connectivity index (χ1v) is 8.58. The number of methoxy groups -OCH3 is 1. The maximum Gasteiger partial charge on any atom is 0.408 e. The molecule has 2 N–H and O–H groups in total. The van der Waals surface area contributed by atoms with E-state index >= 15 is 0 Å². The van der Waals surface area contributed by atoms with Gasteiger partial charge in [-0.2, -0.15) is 0 Å². The van der Waals surface area contributed by atoms with Crippen molar-refractivity contribution in [1.29, 1.82) is 0 Å². The zero-order chi connectivity index (χ0) is 20.1. The number of halogens is 1. The second kappa shape index (κ2) is 8.87. The van der Waals surface area contributed by atoms with Crippen LogP contribution in [0.3, 0.4) is 0 Å². The average molecular weight is 368 g/mol. The lowest BCUT2D eigenvalue weighted by Crippen LogP contribution is -2.51. The van der Waals surface area contributed by atoms with E-state index in [1.165, 1.54) is 19.2 Å². The molecule has 1 aromatic rings. The summed E-state index contributed by atoms with van der Waals surface area (Å²) >= 11 is 0. The average Bonchev–Trinajstić information content (AvgIpc) is 2.50. The second-order valence-electron chi connectivity index (χ2n) is 7.49. The molecule has 0 aliphatic rings. The first kappa shape index (κ1) is 21.7. The van der Waals surface area contributed by atoms with Crippen molar-refractivity contribution in [1.82, 2.24) is 10.6 Å². The molecule has 0 aliphatic heterocycles. The van der Waals surface area contributed by atoms with Crippen molar-refractivity contribution in [2.45, 2.75) is 59.2 Å². The third-order valence-electron chi connectivity index (χ3n) is 3.66. The van der Waals surface area contributed by atoms with Crippen LogP contribution in [0.15, 0.2) is 18.2 Å². The van der Waals surface area contributed by atoms with Crippen LogP contribution < -0.4 is 15.4 Å². The van der Waals surface area contributed by atoms with Crippen molar-refractivity contribution in [2.75, 3.05) is 7.11 Å². The fourth-order valence-electron chi connectivity index (χ4n) is 2.31. The monoisotopic (exact) mass is 368 g/mol. The quantitative estimate of drug-likeness (QED) is 0.805. The summed E-state index contributed by atoms with van der Waals surface area (Å²) in [6, 6.07) is 3.29. The van der Waals surface area contributed by atoms with Gasteiger partial charge >= 0.3 is 6.09 Å². The number of amides is 2. The van der Waals surface area contributed by atoms with Gasteiger partial charge in [0.15, 0.2) is 11.6 Å². The zero-order valence-electron chi connectivity index (χ0n) is 16.5. The van der Waals surface area contributed by atoms with E-state index in [1.807, 2.05) is 13.8 Å². The van der Waals surface area contributed by atoms with Crippen LogP contribution in [-0.2, 0) is 9.53 Å². The number of hydrogen-bond acceptors (Lipinski definition) is 4. The highest BCUT2D eigenvalue weighted by Crippen LogP contribution is 2.22. The molecule has 1 rings (SSSR count). The minimum atomic E-state index is -0.768. The summed E-state index contributed by atoms with van der Waals surface area (Å²) in [5.41, 5.74) is -0.0628. The van der Waals surface area contributed by atoms with Crippen LogP contribution in [0.1, 0.15) is 53.1 Å². The third kappa shape index (κ3) is 6.54. The number of ether oxygens (including phenoxy) is 2. The van der Waals surface area contributed by atoms with Crippen LogP contribution in [-0.4, -0.2) is 30.8 Å². The van der Waals surface area contributed by atoms with E-state index in [0.717, 1.165) is 0 Å². The number of carbonyl (C=O) groups is 2. The minimum absolute atomic E-state index is 0.138. The summed E-state index contributed by atoms with van der Waals surface area (Å²) in [5.74, 6) is -0.880. The van der Waals surface area contributed by atoms with E-state index in [-0.39, 0.29) is 17.6 Å². The van der Waals surface area contributed by atoms with Gasteiger partial charge in [0.25, 0.3) is 0 Å². The normalized spacial score (nSPS) is 13.7. The van der Waals surface area contributed by atoms with Crippen LogP contribution in [0, 0.1) is 11.7 Å². The van der Waals surface area contributed by atoms with Crippen molar-refractivity contribution in [3.63, 3.8) is 0 Å². The highest BCUT2D eigenvalue weighted by atomic mass is 19.1. The molecule has 0 radical (unpaired) electrons. The lowest BCUT2D eigenvalue weighted by molar-refractivity contribution is -0.124. The molecule has 0 fully saturated rings. The number of benzene rings is 1. The Hall–Kier alpha value is -2.31. The summed E-state index contributed by atoms with van der Waals surface area (Å²) in [4.78, 5) is 24.5. The van der Waals surface area contributed by atoms with Crippen molar-refractivity contribution in [3.05, 3.63) is 29.6 Å². The second-order valence-corrected chi connectivity index (χ2v) is 7.49.